The number of nitrogens with one attached hydrogen (secondary N) is 1. The fourth-order valence-electron chi connectivity index (χ4n) is 3.02. The number of anilines is 1. The summed E-state index contributed by atoms with van der Waals surface area (Å²) in [6, 6.07) is 5.85. The predicted molar refractivity (Wildman–Crippen MR) is 97.9 cm³/mol. The summed E-state index contributed by atoms with van der Waals surface area (Å²) in [5, 5.41) is 2.15. The summed E-state index contributed by atoms with van der Waals surface area (Å²) >= 11 is 5.66. The lowest BCUT2D eigenvalue weighted by Crippen LogP contribution is -2.41. The Labute approximate surface area is 165 Å². The van der Waals surface area contributed by atoms with Crippen LogP contribution in [0.5, 0.6) is 0 Å². The van der Waals surface area contributed by atoms with Crippen molar-refractivity contribution in [3.8, 4) is 0 Å². The highest BCUT2D eigenvalue weighted by atomic mass is 35.5. The molecule has 2 aromatic rings. The number of nitrogens with zero attached hydrogens (tertiary/aromatic N) is 1. The highest BCUT2D eigenvalue weighted by Crippen LogP contribution is 2.27. The van der Waals surface area contributed by atoms with Crippen LogP contribution in [0.4, 0.5) is 18.9 Å². The van der Waals surface area contributed by atoms with Gasteiger partial charge in [0.1, 0.15) is 17.5 Å². The summed E-state index contributed by atoms with van der Waals surface area (Å²) in [7, 11) is -3.87. The summed E-state index contributed by atoms with van der Waals surface area (Å²) in [6.45, 7) is 0.153. The van der Waals surface area contributed by atoms with Crippen LogP contribution >= 0.6 is 11.6 Å². The van der Waals surface area contributed by atoms with Gasteiger partial charge in [0, 0.05) is 30.8 Å². The number of hydrogen-bond donors (Lipinski definition) is 1. The number of carbonyl (C=O) groups is 1. The minimum atomic E-state index is -3.87. The number of halogens is 4. The van der Waals surface area contributed by atoms with Crippen molar-refractivity contribution in [2.45, 2.75) is 17.7 Å². The van der Waals surface area contributed by atoms with Gasteiger partial charge in [-0.05, 0) is 43.2 Å². The fraction of sp³-hybridized carbons (Fsp3) is 0.278. The molecule has 150 valence electrons. The van der Waals surface area contributed by atoms with E-state index in [2.05, 4.69) is 5.32 Å². The average Bonchev–Trinajstić information content (AvgIpc) is 2.63. The van der Waals surface area contributed by atoms with Gasteiger partial charge in [-0.15, -0.1) is 0 Å². The first kappa shape index (κ1) is 20.6. The van der Waals surface area contributed by atoms with Crippen LogP contribution in [0.15, 0.2) is 41.3 Å². The lowest BCUT2D eigenvalue weighted by Gasteiger charge is -2.30. The molecule has 1 saturated heterocycles. The molecular weight excluding hydrogens is 417 g/mol. The Hall–Kier alpha value is -2.10. The van der Waals surface area contributed by atoms with E-state index in [1.165, 1.54) is 4.31 Å². The predicted octanol–water partition coefficient (Wildman–Crippen LogP) is 3.80. The molecule has 1 aliphatic rings. The molecule has 3 rings (SSSR count). The molecule has 0 bridgehead atoms. The molecule has 0 unspecified atom stereocenters. The Morgan fingerprint density at radius 3 is 2.21 bits per heavy atom. The third kappa shape index (κ3) is 4.48. The molecule has 28 heavy (non-hydrogen) atoms. The van der Waals surface area contributed by atoms with E-state index in [-0.39, 0.29) is 41.5 Å². The van der Waals surface area contributed by atoms with Crippen LogP contribution in [-0.2, 0) is 14.8 Å². The molecule has 0 spiro atoms. The van der Waals surface area contributed by atoms with E-state index in [4.69, 9.17) is 11.6 Å². The van der Waals surface area contributed by atoms with Gasteiger partial charge in [-0.3, -0.25) is 4.79 Å². The van der Waals surface area contributed by atoms with Crippen molar-refractivity contribution in [1.29, 1.82) is 0 Å². The first-order valence-corrected chi connectivity index (χ1v) is 10.2. The maximum atomic E-state index is 13.3. The van der Waals surface area contributed by atoms with Crippen LogP contribution in [0.1, 0.15) is 12.8 Å². The second-order valence-electron chi connectivity index (χ2n) is 6.40. The van der Waals surface area contributed by atoms with Gasteiger partial charge in [0.2, 0.25) is 15.9 Å². The number of hydrogen-bond acceptors (Lipinski definition) is 3. The smallest absolute Gasteiger partial charge is 0.243 e. The van der Waals surface area contributed by atoms with Gasteiger partial charge in [-0.2, -0.15) is 4.31 Å². The molecule has 0 atom stereocenters. The lowest BCUT2D eigenvalue weighted by atomic mass is 9.97. The third-order valence-corrected chi connectivity index (χ3v) is 6.67. The molecule has 5 nitrogen and oxygen atoms in total. The second kappa shape index (κ2) is 8.10. The molecule has 1 N–H and O–H groups in total. The highest BCUT2D eigenvalue weighted by molar-refractivity contribution is 7.89. The summed E-state index contributed by atoms with van der Waals surface area (Å²) < 4.78 is 66.2. The molecule has 1 aliphatic heterocycles. The molecule has 0 aliphatic carbocycles. The van der Waals surface area contributed by atoms with Crippen molar-refractivity contribution >= 4 is 33.2 Å². The number of benzene rings is 2. The first-order chi connectivity index (χ1) is 13.2. The van der Waals surface area contributed by atoms with E-state index < -0.39 is 39.3 Å². The first-order valence-electron chi connectivity index (χ1n) is 8.39. The van der Waals surface area contributed by atoms with Crippen molar-refractivity contribution in [3.05, 3.63) is 58.9 Å². The van der Waals surface area contributed by atoms with E-state index in [1.54, 1.807) is 0 Å². The van der Waals surface area contributed by atoms with Crippen LogP contribution in [0, 0.1) is 23.4 Å². The molecule has 1 fully saturated rings. The number of carbonyl (C=O) groups excluding carboxylic acids is 1. The molecule has 1 heterocycles. The largest absolute Gasteiger partial charge is 0.326 e. The zero-order valence-corrected chi connectivity index (χ0v) is 16.0. The van der Waals surface area contributed by atoms with Crippen LogP contribution in [-0.4, -0.2) is 31.7 Å². The minimum absolute atomic E-state index is 0.00138. The monoisotopic (exact) mass is 432 g/mol. The zero-order chi connectivity index (χ0) is 20.5. The molecule has 1 amide bonds. The summed E-state index contributed by atoms with van der Waals surface area (Å²) in [4.78, 5) is 12.2. The number of sulfonamides is 1. The maximum Gasteiger partial charge on any atom is 0.243 e. The van der Waals surface area contributed by atoms with Gasteiger partial charge in [-0.25, -0.2) is 21.6 Å². The van der Waals surface area contributed by atoms with E-state index in [1.807, 2.05) is 0 Å². The number of rotatable bonds is 4. The van der Waals surface area contributed by atoms with Gasteiger partial charge < -0.3 is 5.32 Å². The van der Waals surface area contributed by atoms with Gasteiger partial charge in [-0.1, -0.05) is 11.6 Å². The Morgan fingerprint density at radius 2 is 1.64 bits per heavy atom. The van der Waals surface area contributed by atoms with E-state index in [0.29, 0.717) is 6.07 Å². The summed E-state index contributed by atoms with van der Waals surface area (Å²) in [5.41, 5.74) is -0.00138. The number of piperidine rings is 1. The van der Waals surface area contributed by atoms with Crippen molar-refractivity contribution in [3.63, 3.8) is 0 Å². The Bertz CT molecular complexity index is 989. The van der Waals surface area contributed by atoms with Gasteiger partial charge in [0.05, 0.1) is 9.92 Å². The van der Waals surface area contributed by atoms with E-state index >= 15 is 0 Å². The van der Waals surface area contributed by atoms with Crippen molar-refractivity contribution in [2.75, 3.05) is 18.4 Å². The Balaban J connectivity index is 1.64. The fourth-order valence-corrected chi connectivity index (χ4v) is 4.76. The molecule has 0 radical (unpaired) electrons. The highest BCUT2D eigenvalue weighted by Gasteiger charge is 2.32. The normalized spacial score (nSPS) is 16.1. The van der Waals surface area contributed by atoms with Gasteiger partial charge in [0.15, 0.2) is 0 Å². The molecule has 10 heteroatoms. The van der Waals surface area contributed by atoms with Crippen LogP contribution in [0.25, 0.3) is 0 Å². The Morgan fingerprint density at radius 1 is 1.04 bits per heavy atom. The Kier molecular flexibility index (Phi) is 5.97. The lowest BCUT2D eigenvalue weighted by molar-refractivity contribution is -0.120. The van der Waals surface area contributed by atoms with Crippen LogP contribution in [0.2, 0.25) is 5.02 Å². The van der Waals surface area contributed by atoms with Gasteiger partial charge in [0.25, 0.3) is 0 Å². The minimum Gasteiger partial charge on any atom is -0.326 e. The molecular formula is C18H16ClF3N2O3S. The van der Waals surface area contributed by atoms with E-state index in [0.717, 1.165) is 30.3 Å². The summed E-state index contributed by atoms with van der Waals surface area (Å²) in [5.74, 6) is -3.28. The average molecular weight is 433 g/mol. The molecule has 0 aromatic heterocycles. The van der Waals surface area contributed by atoms with Crippen LogP contribution in [0.3, 0.4) is 0 Å². The second-order valence-corrected chi connectivity index (χ2v) is 8.75. The number of amides is 1. The summed E-state index contributed by atoms with van der Waals surface area (Å²) in [6.07, 6.45) is 0.468. The van der Waals surface area contributed by atoms with Gasteiger partial charge >= 0.3 is 0 Å². The third-order valence-electron chi connectivity index (χ3n) is 4.48. The van der Waals surface area contributed by atoms with Crippen molar-refractivity contribution < 1.29 is 26.4 Å². The quantitative estimate of drug-likeness (QED) is 0.799. The van der Waals surface area contributed by atoms with Crippen molar-refractivity contribution in [1.82, 2.24) is 4.31 Å². The molecule has 0 saturated carbocycles. The standard InChI is InChI=1S/C18H16ClF3N2O3S/c19-16-10-15(1-2-17(16)22)28(26,27)24-5-3-11(4-6-24)18(25)23-14-8-12(20)7-13(21)9-14/h1-2,7-11H,3-6H2,(H,23,25). The van der Waals surface area contributed by atoms with Crippen LogP contribution < -0.4 is 5.32 Å². The van der Waals surface area contributed by atoms with Crippen molar-refractivity contribution in [2.24, 2.45) is 5.92 Å². The SMILES string of the molecule is O=C(Nc1cc(F)cc(F)c1)C1CCN(S(=O)(=O)c2ccc(F)c(Cl)c2)CC1. The van der Waals surface area contributed by atoms with E-state index in [9.17, 15) is 26.4 Å². The maximum absolute atomic E-state index is 13.3. The zero-order valence-electron chi connectivity index (χ0n) is 14.5. The topological polar surface area (TPSA) is 66.5 Å². The molecule has 2 aromatic carbocycles.